The van der Waals surface area contributed by atoms with Crippen molar-refractivity contribution in [2.24, 2.45) is 11.8 Å². The van der Waals surface area contributed by atoms with Crippen molar-refractivity contribution in [3.05, 3.63) is 0 Å². The van der Waals surface area contributed by atoms with Crippen molar-refractivity contribution in [3.63, 3.8) is 0 Å². The van der Waals surface area contributed by atoms with Crippen LogP contribution in [0.3, 0.4) is 0 Å². The highest BCUT2D eigenvalue weighted by molar-refractivity contribution is 6.23. The molecule has 1 nitrogen and oxygen atoms in total. The molecule has 0 heterocycles. The molecule has 0 saturated heterocycles. The molecular weight excluding hydrogens is 136 g/mol. The van der Waals surface area contributed by atoms with Gasteiger partial charge in [0.15, 0.2) is 0 Å². The molecule has 0 radical (unpaired) electrons. The Balaban J connectivity index is 2.26. The first-order valence-electron chi connectivity index (χ1n) is 3.46. The lowest BCUT2D eigenvalue weighted by Gasteiger charge is -2.04. The lowest BCUT2D eigenvalue weighted by molar-refractivity contribution is -0.121. The minimum absolute atomic E-state index is 0.192. The van der Waals surface area contributed by atoms with Crippen LogP contribution in [0, 0.1) is 11.8 Å². The fourth-order valence-electron chi connectivity index (χ4n) is 2.00. The molecule has 0 aromatic heterocycles. The largest absolute Gasteiger partial charge is 0.299 e. The van der Waals surface area contributed by atoms with Crippen LogP contribution in [0.15, 0.2) is 0 Å². The maximum Gasteiger partial charge on any atom is 0.137 e. The topological polar surface area (TPSA) is 17.1 Å². The average Bonchev–Trinajstić information content (AvgIpc) is 2.25. The smallest absolute Gasteiger partial charge is 0.137 e. The number of rotatable bonds is 0. The molecule has 2 heteroatoms. The van der Waals surface area contributed by atoms with Gasteiger partial charge in [0.05, 0.1) is 0 Å². The molecule has 0 aromatic carbocycles. The van der Waals surface area contributed by atoms with E-state index in [-0.39, 0.29) is 11.3 Å². The van der Waals surface area contributed by atoms with Gasteiger partial charge in [0.2, 0.25) is 0 Å². The molecule has 2 aliphatic carbocycles. The third-order valence-corrected chi connectivity index (χ3v) is 3.22. The third kappa shape index (κ3) is 0.644. The third-order valence-electron chi connectivity index (χ3n) is 2.56. The van der Waals surface area contributed by atoms with E-state index in [2.05, 4.69) is 0 Å². The molecule has 2 bridgehead atoms. The number of ketones is 1. The van der Waals surface area contributed by atoms with Gasteiger partial charge in [0.25, 0.3) is 0 Å². The quantitative estimate of drug-likeness (QED) is 0.472. The van der Waals surface area contributed by atoms with E-state index in [1.165, 1.54) is 6.42 Å². The number of halogens is 1. The Hall–Kier alpha value is -0.0400. The first-order valence-corrected chi connectivity index (χ1v) is 3.89. The predicted molar refractivity (Wildman–Crippen MR) is 35.5 cm³/mol. The Morgan fingerprint density at radius 2 is 2.22 bits per heavy atom. The van der Waals surface area contributed by atoms with Gasteiger partial charge in [-0.25, -0.2) is 0 Å². The minimum Gasteiger partial charge on any atom is -0.299 e. The van der Waals surface area contributed by atoms with E-state index in [1.807, 2.05) is 0 Å². The van der Waals surface area contributed by atoms with Gasteiger partial charge in [0.1, 0.15) is 5.78 Å². The number of Topliss-reactive ketones (excluding diaryl/α,β-unsaturated/α-hetero) is 1. The van der Waals surface area contributed by atoms with Crippen LogP contribution >= 0.6 is 11.6 Å². The van der Waals surface area contributed by atoms with E-state index in [0.717, 1.165) is 12.8 Å². The van der Waals surface area contributed by atoms with E-state index < -0.39 is 0 Å². The van der Waals surface area contributed by atoms with Crippen LogP contribution < -0.4 is 0 Å². The van der Waals surface area contributed by atoms with E-state index >= 15 is 0 Å². The highest BCUT2D eigenvalue weighted by Gasteiger charge is 2.46. The normalized spacial score (nSPS) is 48.6. The number of alkyl halides is 1. The molecule has 0 spiro atoms. The van der Waals surface area contributed by atoms with Crippen molar-refractivity contribution in [3.8, 4) is 0 Å². The molecule has 50 valence electrons. The lowest BCUT2D eigenvalue weighted by Crippen LogP contribution is -2.10. The molecule has 0 unspecified atom stereocenters. The molecular formula is C7H9ClO. The summed E-state index contributed by atoms with van der Waals surface area (Å²) in [5, 5.41) is 0.192. The summed E-state index contributed by atoms with van der Waals surface area (Å²) in [7, 11) is 0. The average molecular weight is 145 g/mol. The number of fused-ring (bicyclic) bond motifs is 2. The predicted octanol–water partition coefficient (Wildman–Crippen LogP) is 1.59. The van der Waals surface area contributed by atoms with Crippen molar-refractivity contribution >= 4 is 17.4 Å². The fraction of sp³-hybridized carbons (Fsp3) is 0.857. The fourth-order valence-corrected chi connectivity index (χ4v) is 2.49. The summed E-state index contributed by atoms with van der Waals surface area (Å²) >= 11 is 5.95. The molecule has 0 N–H and O–H groups in total. The monoisotopic (exact) mass is 144 g/mol. The van der Waals surface area contributed by atoms with Crippen LogP contribution in [0.1, 0.15) is 19.3 Å². The van der Waals surface area contributed by atoms with Gasteiger partial charge < -0.3 is 0 Å². The van der Waals surface area contributed by atoms with Crippen molar-refractivity contribution in [2.45, 2.75) is 24.6 Å². The van der Waals surface area contributed by atoms with Gasteiger partial charge in [-0.1, -0.05) is 0 Å². The Morgan fingerprint density at radius 1 is 1.44 bits per heavy atom. The van der Waals surface area contributed by atoms with Gasteiger partial charge in [-0.3, -0.25) is 4.79 Å². The summed E-state index contributed by atoms with van der Waals surface area (Å²) in [5.41, 5.74) is 0. The van der Waals surface area contributed by atoms with E-state index in [0.29, 0.717) is 11.7 Å². The SMILES string of the molecule is O=C1C[C@@H]2CC[C@H]1[C@H]2Cl. The zero-order chi connectivity index (χ0) is 6.43. The summed E-state index contributed by atoms with van der Waals surface area (Å²) < 4.78 is 0. The van der Waals surface area contributed by atoms with Crippen molar-refractivity contribution in [1.29, 1.82) is 0 Å². The Kier molecular flexibility index (Phi) is 1.10. The van der Waals surface area contributed by atoms with Crippen LogP contribution in [0.2, 0.25) is 0 Å². The van der Waals surface area contributed by atoms with Crippen molar-refractivity contribution in [2.75, 3.05) is 0 Å². The van der Waals surface area contributed by atoms with E-state index in [1.54, 1.807) is 0 Å². The Labute approximate surface area is 59.4 Å². The summed E-state index contributed by atoms with van der Waals surface area (Å²) in [4.78, 5) is 11.0. The maximum absolute atomic E-state index is 11.0. The Bertz CT molecular complexity index is 155. The number of hydrogen-bond acceptors (Lipinski definition) is 1. The molecule has 3 atom stereocenters. The van der Waals surface area contributed by atoms with E-state index in [4.69, 9.17) is 11.6 Å². The molecule has 9 heavy (non-hydrogen) atoms. The summed E-state index contributed by atoms with van der Waals surface area (Å²) in [6, 6.07) is 0. The lowest BCUT2D eigenvalue weighted by atomic mass is 10.00. The first-order chi connectivity index (χ1) is 4.29. The number of carbonyl (C=O) groups is 1. The van der Waals surface area contributed by atoms with Gasteiger partial charge >= 0.3 is 0 Å². The molecule has 2 saturated carbocycles. The van der Waals surface area contributed by atoms with Crippen LogP contribution in [-0.2, 0) is 4.79 Å². The number of hydrogen-bond donors (Lipinski definition) is 0. The summed E-state index contributed by atoms with van der Waals surface area (Å²) in [6.07, 6.45) is 3.00. The number of carbonyl (C=O) groups excluding carboxylic acids is 1. The zero-order valence-electron chi connectivity index (χ0n) is 5.14. The molecule has 2 aliphatic rings. The van der Waals surface area contributed by atoms with Gasteiger partial charge in [-0.15, -0.1) is 11.6 Å². The van der Waals surface area contributed by atoms with Crippen molar-refractivity contribution < 1.29 is 4.79 Å². The van der Waals surface area contributed by atoms with Gasteiger partial charge in [-0.05, 0) is 18.8 Å². The van der Waals surface area contributed by atoms with Gasteiger partial charge in [0, 0.05) is 17.7 Å². The highest BCUT2D eigenvalue weighted by Crippen LogP contribution is 2.45. The van der Waals surface area contributed by atoms with E-state index in [9.17, 15) is 4.79 Å². The second-order valence-corrected chi connectivity index (χ2v) is 3.56. The van der Waals surface area contributed by atoms with Crippen LogP contribution in [0.5, 0.6) is 0 Å². The molecule has 2 rings (SSSR count). The standard InChI is InChI=1S/C7H9ClO/c8-7-4-1-2-5(7)6(9)3-4/h4-5,7H,1-3H2/t4-,5+,7-/m0/s1. The second-order valence-electron chi connectivity index (χ2n) is 3.06. The molecule has 0 aliphatic heterocycles. The van der Waals surface area contributed by atoms with Crippen LogP contribution in [0.25, 0.3) is 0 Å². The summed E-state index contributed by atoms with van der Waals surface area (Å²) in [6.45, 7) is 0. The van der Waals surface area contributed by atoms with Crippen molar-refractivity contribution in [1.82, 2.24) is 0 Å². The molecule has 2 fully saturated rings. The molecule has 0 amide bonds. The Morgan fingerprint density at radius 3 is 2.44 bits per heavy atom. The second kappa shape index (κ2) is 1.72. The minimum atomic E-state index is 0.192. The van der Waals surface area contributed by atoms with Gasteiger partial charge in [-0.2, -0.15) is 0 Å². The van der Waals surface area contributed by atoms with Crippen LogP contribution in [0.4, 0.5) is 0 Å². The maximum atomic E-state index is 11.0. The molecule has 0 aromatic rings. The zero-order valence-corrected chi connectivity index (χ0v) is 5.90. The van der Waals surface area contributed by atoms with Crippen LogP contribution in [-0.4, -0.2) is 11.2 Å². The summed E-state index contributed by atoms with van der Waals surface area (Å²) in [5.74, 6) is 1.17. The first kappa shape index (κ1) is 5.72. The highest BCUT2D eigenvalue weighted by atomic mass is 35.5.